The van der Waals surface area contributed by atoms with Crippen LogP contribution in [0.4, 0.5) is 0 Å². The quantitative estimate of drug-likeness (QED) is 0.843. The number of nitrogens with one attached hydrogen (secondary N) is 1. The van der Waals surface area contributed by atoms with Crippen molar-refractivity contribution in [2.45, 2.75) is 26.3 Å². The van der Waals surface area contributed by atoms with E-state index in [1.165, 1.54) is 7.05 Å². The molecule has 21 heavy (non-hydrogen) atoms. The van der Waals surface area contributed by atoms with Gasteiger partial charge in [-0.05, 0) is 26.3 Å². The summed E-state index contributed by atoms with van der Waals surface area (Å²) in [5, 5.41) is 8.39. The minimum atomic E-state index is -0.382. The average molecular weight is 290 g/mol. The summed E-state index contributed by atoms with van der Waals surface area (Å²) in [5.74, 6) is -0.145. The van der Waals surface area contributed by atoms with Crippen molar-refractivity contribution in [3.05, 3.63) is 33.8 Å². The normalized spacial score (nSPS) is 18.4. The zero-order valence-electron chi connectivity index (χ0n) is 12.3. The van der Waals surface area contributed by atoms with Crippen LogP contribution >= 0.6 is 0 Å². The van der Waals surface area contributed by atoms with Crippen LogP contribution in [0.1, 0.15) is 34.5 Å². The first-order valence-electron chi connectivity index (χ1n) is 6.91. The van der Waals surface area contributed by atoms with Gasteiger partial charge in [0.1, 0.15) is 0 Å². The number of likely N-dealkylation sites (tertiary alicyclic amines) is 1. The van der Waals surface area contributed by atoms with E-state index < -0.39 is 0 Å². The van der Waals surface area contributed by atoms with Gasteiger partial charge >= 0.3 is 5.69 Å². The Balaban J connectivity index is 1.76. The highest BCUT2D eigenvalue weighted by Gasteiger charge is 2.30. The highest BCUT2D eigenvalue weighted by Crippen LogP contribution is 2.23. The summed E-state index contributed by atoms with van der Waals surface area (Å²) in [7, 11) is 1.51. The summed E-state index contributed by atoms with van der Waals surface area (Å²) in [4.78, 5) is 27.9. The third-order valence-electron chi connectivity index (χ3n) is 3.81. The first-order chi connectivity index (χ1) is 9.95. The number of aromatic nitrogens is 5. The summed E-state index contributed by atoms with van der Waals surface area (Å²) < 4.78 is 3.10. The van der Waals surface area contributed by atoms with Crippen molar-refractivity contribution in [1.82, 2.24) is 29.4 Å². The lowest BCUT2D eigenvalue weighted by molar-refractivity contribution is 0.0774. The summed E-state index contributed by atoms with van der Waals surface area (Å²) in [6.07, 6.45) is 0.852. The van der Waals surface area contributed by atoms with Gasteiger partial charge in [0.15, 0.2) is 0 Å². The average Bonchev–Trinajstić information content (AvgIpc) is 3.10. The summed E-state index contributed by atoms with van der Waals surface area (Å²) in [6.45, 7) is 5.20. The summed E-state index contributed by atoms with van der Waals surface area (Å²) in [5.41, 5.74) is 1.69. The van der Waals surface area contributed by atoms with Crippen LogP contribution in [-0.2, 0) is 7.05 Å². The third-order valence-corrected chi connectivity index (χ3v) is 3.81. The van der Waals surface area contributed by atoms with Gasteiger partial charge < -0.3 is 4.90 Å². The topological polar surface area (TPSA) is 88.8 Å². The molecule has 0 aromatic carbocycles. The Morgan fingerprint density at radius 3 is 2.71 bits per heavy atom. The predicted molar refractivity (Wildman–Crippen MR) is 75.1 cm³/mol. The highest BCUT2D eigenvalue weighted by atomic mass is 16.2. The van der Waals surface area contributed by atoms with Gasteiger partial charge in [-0.15, -0.1) is 5.10 Å². The van der Waals surface area contributed by atoms with Crippen molar-refractivity contribution in [3.63, 3.8) is 0 Å². The van der Waals surface area contributed by atoms with Crippen LogP contribution in [0.25, 0.3) is 0 Å². The molecule has 0 radical (unpaired) electrons. The van der Waals surface area contributed by atoms with E-state index in [9.17, 15) is 9.59 Å². The van der Waals surface area contributed by atoms with Gasteiger partial charge in [0, 0.05) is 25.8 Å². The molecule has 8 heteroatoms. The Bertz CT molecular complexity index is 740. The van der Waals surface area contributed by atoms with E-state index in [-0.39, 0.29) is 23.5 Å². The second-order valence-electron chi connectivity index (χ2n) is 5.47. The first kappa shape index (κ1) is 13.6. The van der Waals surface area contributed by atoms with Gasteiger partial charge in [0.05, 0.1) is 11.7 Å². The van der Waals surface area contributed by atoms with Crippen LogP contribution in [0.2, 0.25) is 0 Å². The van der Waals surface area contributed by atoms with Gasteiger partial charge in [0.25, 0.3) is 5.91 Å². The number of nitrogens with zero attached hydrogens (tertiary/aromatic N) is 5. The van der Waals surface area contributed by atoms with Crippen LogP contribution in [-0.4, -0.2) is 48.4 Å². The molecule has 3 heterocycles. The maximum atomic E-state index is 12.3. The molecule has 1 aliphatic rings. The minimum Gasteiger partial charge on any atom is -0.334 e. The monoisotopic (exact) mass is 290 g/mol. The number of hydrogen-bond acceptors (Lipinski definition) is 4. The van der Waals surface area contributed by atoms with Gasteiger partial charge in [-0.2, -0.15) is 5.10 Å². The molecule has 1 saturated heterocycles. The van der Waals surface area contributed by atoms with Gasteiger partial charge in [-0.3, -0.25) is 14.5 Å². The molecule has 0 aliphatic carbocycles. The molecular formula is C13H18N6O2. The van der Waals surface area contributed by atoms with E-state index in [0.717, 1.165) is 22.5 Å². The SMILES string of the molecule is Cc1cc(C)n(C2CCN(C(=O)c3nn(C)c(=O)[nH]3)C2)n1. The summed E-state index contributed by atoms with van der Waals surface area (Å²) >= 11 is 0. The number of hydrogen-bond donors (Lipinski definition) is 1. The third kappa shape index (κ3) is 2.37. The number of aryl methyl sites for hydroxylation is 3. The van der Waals surface area contributed by atoms with E-state index in [4.69, 9.17) is 0 Å². The van der Waals surface area contributed by atoms with Crippen molar-refractivity contribution in [3.8, 4) is 0 Å². The van der Waals surface area contributed by atoms with Crippen LogP contribution in [0.5, 0.6) is 0 Å². The molecule has 2 aromatic heterocycles. The molecule has 1 fully saturated rings. The maximum Gasteiger partial charge on any atom is 0.343 e. The zero-order chi connectivity index (χ0) is 15.1. The highest BCUT2D eigenvalue weighted by molar-refractivity contribution is 5.90. The standard InChI is InChI=1S/C13H18N6O2/c1-8-6-9(2)19(15-8)10-4-5-18(7-10)12(20)11-14-13(21)17(3)16-11/h6,10H,4-5,7H2,1-3H3,(H,14,16,21). The second-order valence-corrected chi connectivity index (χ2v) is 5.47. The van der Waals surface area contributed by atoms with Crippen molar-refractivity contribution in [2.75, 3.05) is 13.1 Å². The zero-order valence-corrected chi connectivity index (χ0v) is 12.3. The Labute approximate surface area is 121 Å². The Morgan fingerprint density at radius 1 is 1.38 bits per heavy atom. The Morgan fingerprint density at radius 2 is 2.14 bits per heavy atom. The summed E-state index contributed by atoms with van der Waals surface area (Å²) in [6, 6.07) is 2.21. The van der Waals surface area contributed by atoms with Crippen LogP contribution in [0, 0.1) is 13.8 Å². The number of rotatable bonds is 2. The first-order valence-corrected chi connectivity index (χ1v) is 6.91. The lowest BCUT2D eigenvalue weighted by Crippen LogP contribution is -2.30. The van der Waals surface area contributed by atoms with Crippen molar-refractivity contribution in [2.24, 2.45) is 7.05 Å². The molecule has 8 nitrogen and oxygen atoms in total. The lowest BCUT2D eigenvalue weighted by atomic mass is 10.2. The number of amides is 1. The van der Waals surface area contributed by atoms with E-state index >= 15 is 0 Å². The molecule has 112 valence electrons. The number of carbonyl (C=O) groups is 1. The van der Waals surface area contributed by atoms with Crippen molar-refractivity contribution in [1.29, 1.82) is 0 Å². The number of carbonyl (C=O) groups excluding carboxylic acids is 1. The molecule has 1 aliphatic heterocycles. The van der Waals surface area contributed by atoms with E-state index in [1.54, 1.807) is 4.90 Å². The van der Waals surface area contributed by atoms with E-state index in [1.807, 2.05) is 24.6 Å². The van der Waals surface area contributed by atoms with Crippen LogP contribution in [0.3, 0.4) is 0 Å². The molecule has 1 atom stereocenters. The number of H-pyrrole nitrogens is 1. The molecule has 1 amide bonds. The molecule has 2 aromatic rings. The van der Waals surface area contributed by atoms with Crippen molar-refractivity contribution < 1.29 is 4.79 Å². The smallest absolute Gasteiger partial charge is 0.334 e. The molecule has 3 rings (SSSR count). The molecule has 1 unspecified atom stereocenters. The fraction of sp³-hybridized carbons (Fsp3) is 0.538. The molecule has 1 N–H and O–H groups in total. The minimum absolute atomic E-state index is 0.0940. The molecular weight excluding hydrogens is 272 g/mol. The predicted octanol–water partition coefficient (Wildman–Crippen LogP) is 0.00894. The fourth-order valence-corrected chi connectivity index (χ4v) is 2.79. The van der Waals surface area contributed by atoms with Crippen LogP contribution < -0.4 is 5.69 Å². The van der Waals surface area contributed by atoms with Crippen molar-refractivity contribution >= 4 is 5.91 Å². The van der Waals surface area contributed by atoms with E-state index in [2.05, 4.69) is 15.2 Å². The second kappa shape index (κ2) is 4.87. The Kier molecular flexibility index (Phi) is 3.15. The van der Waals surface area contributed by atoms with E-state index in [0.29, 0.717) is 13.1 Å². The fourth-order valence-electron chi connectivity index (χ4n) is 2.79. The van der Waals surface area contributed by atoms with Gasteiger partial charge in [0.2, 0.25) is 5.82 Å². The lowest BCUT2D eigenvalue weighted by Gasteiger charge is -2.16. The van der Waals surface area contributed by atoms with Crippen LogP contribution in [0.15, 0.2) is 10.9 Å². The molecule has 0 spiro atoms. The Hall–Kier alpha value is -2.38. The molecule has 0 saturated carbocycles. The van der Waals surface area contributed by atoms with Gasteiger partial charge in [-0.25, -0.2) is 9.48 Å². The largest absolute Gasteiger partial charge is 0.343 e. The molecule has 0 bridgehead atoms. The number of aromatic amines is 1. The van der Waals surface area contributed by atoms with Gasteiger partial charge in [-0.1, -0.05) is 0 Å². The maximum absolute atomic E-state index is 12.3.